The Kier molecular flexibility index (Phi) is 5.76. The van der Waals surface area contributed by atoms with Crippen molar-refractivity contribution < 1.29 is 11.0 Å². The van der Waals surface area contributed by atoms with Crippen molar-refractivity contribution in [2.45, 2.75) is 0 Å². The van der Waals surface area contributed by atoms with Crippen molar-refractivity contribution in [3.8, 4) is 33.4 Å². The quantitative estimate of drug-likeness (QED) is 0.158. The molecule has 0 saturated heterocycles. The maximum Gasteiger partial charge on any atom is 0.0645 e. The molecule has 0 aliphatic carbocycles. The van der Waals surface area contributed by atoms with Crippen LogP contribution in [0.3, 0.4) is 0 Å². The van der Waals surface area contributed by atoms with Crippen LogP contribution in [0.4, 0.5) is 17.1 Å². The summed E-state index contributed by atoms with van der Waals surface area (Å²) in [5.74, 6) is 0. The van der Waals surface area contributed by atoms with Crippen molar-refractivity contribution in [2.24, 2.45) is 0 Å². The van der Waals surface area contributed by atoms with E-state index in [9.17, 15) is 11.0 Å². The van der Waals surface area contributed by atoms with Crippen molar-refractivity contribution >= 4 is 60.2 Å². The molecule has 0 spiro atoms. The van der Waals surface area contributed by atoms with Crippen LogP contribution in [0.15, 0.2) is 212 Å². The second-order valence-corrected chi connectivity index (χ2v) is 13.2. The molecule has 0 atom stereocenters. The molecule has 53 heavy (non-hydrogen) atoms. The minimum absolute atomic E-state index is 0.116. The summed E-state index contributed by atoms with van der Waals surface area (Å²) >= 11 is 0. The monoisotopic (exact) mass is 681 g/mol. The Labute approximate surface area is 320 Å². The van der Waals surface area contributed by atoms with E-state index in [0.29, 0.717) is 16.8 Å². The molecule has 10 aromatic carbocycles. The van der Waals surface area contributed by atoms with Gasteiger partial charge in [-0.15, -0.1) is 0 Å². The first-order valence-electron chi connectivity index (χ1n) is 21.6. The molecule has 248 valence electrons. The summed E-state index contributed by atoms with van der Waals surface area (Å²) in [6, 6.07) is 49.6. The molecule has 0 aliphatic heterocycles. The molecule has 0 saturated carbocycles. The van der Waals surface area contributed by atoms with Crippen LogP contribution in [-0.2, 0) is 0 Å². The van der Waals surface area contributed by atoms with Gasteiger partial charge >= 0.3 is 0 Å². The van der Waals surface area contributed by atoms with E-state index in [4.69, 9.17) is 0 Å². The van der Waals surface area contributed by atoms with Crippen molar-refractivity contribution in [3.63, 3.8) is 0 Å². The number of benzene rings is 10. The van der Waals surface area contributed by atoms with Crippen molar-refractivity contribution in [3.05, 3.63) is 212 Å². The predicted octanol–water partition coefficient (Wildman–Crippen LogP) is 14.8. The van der Waals surface area contributed by atoms with Gasteiger partial charge in [-0.25, -0.2) is 0 Å². The van der Waals surface area contributed by atoms with E-state index in [1.165, 1.54) is 4.90 Å². The lowest BCUT2D eigenvalue weighted by molar-refractivity contribution is 1.28. The highest BCUT2D eigenvalue weighted by atomic mass is 15.1. The number of hydrogen-bond donors (Lipinski definition) is 0. The second kappa shape index (κ2) is 13.0. The average Bonchev–Trinajstić information content (AvgIpc) is 3.29. The number of rotatable bonds is 6. The Balaban J connectivity index is 1.20. The lowest BCUT2D eigenvalue weighted by atomic mass is 9.97. The molecule has 0 radical (unpaired) electrons. The third kappa shape index (κ3) is 5.79. The second-order valence-electron chi connectivity index (χ2n) is 13.2. The molecule has 0 N–H and O–H groups in total. The van der Waals surface area contributed by atoms with Crippen LogP contribution in [0.5, 0.6) is 0 Å². The Morgan fingerprint density at radius 2 is 0.698 bits per heavy atom. The third-order valence-electron chi connectivity index (χ3n) is 9.93. The van der Waals surface area contributed by atoms with Gasteiger partial charge < -0.3 is 4.90 Å². The van der Waals surface area contributed by atoms with Gasteiger partial charge in [-0.3, -0.25) is 0 Å². The molecule has 0 unspecified atom stereocenters. The van der Waals surface area contributed by atoms with Crippen LogP contribution >= 0.6 is 0 Å². The SMILES string of the molecule is [2H]c1c([2H])c(N(c2cccc(-c3ccc4ccccc4c3)c2)c2c([2H])c([2H])c(-c3ccc4c(ccc5ccccc54)c3)c([2H])c2[2H])c([2H])c([2H])c1-c1ccc2ccccc2c1. The van der Waals surface area contributed by atoms with Crippen molar-refractivity contribution in [1.29, 1.82) is 0 Å². The lowest BCUT2D eigenvalue weighted by Gasteiger charge is -2.26. The molecule has 1 heteroatoms. The number of nitrogens with zero attached hydrogens (tertiary/aromatic N) is 1. The zero-order valence-corrected chi connectivity index (χ0v) is 28.5. The summed E-state index contributed by atoms with van der Waals surface area (Å²) in [6.45, 7) is 0. The van der Waals surface area contributed by atoms with Gasteiger partial charge in [-0.1, -0.05) is 158 Å². The Morgan fingerprint density at radius 1 is 0.264 bits per heavy atom. The summed E-state index contributed by atoms with van der Waals surface area (Å²) < 4.78 is 75.8. The first kappa shape index (κ1) is 23.5. The van der Waals surface area contributed by atoms with Gasteiger partial charge in [0.2, 0.25) is 0 Å². The van der Waals surface area contributed by atoms with E-state index in [1.54, 1.807) is 18.2 Å². The fourth-order valence-corrected chi connectivity index (χ4v) is 7.20. The minimum atomic E-state index is -0.388. The average molecular weight is 682 g/mol. The molecule has 1 nitrogen and oxygen atoms in total. The van der Waals surface area contributed by atoms with Crippen LogP contribution in [0.1, 0.15) is 11.0 Å². The number of fused-ring (bicyclic) bond motifs is 5. The van der Waals surface area contributed by atoms with Gasteiger partial charge in [0.25, 0.3) is 0 Å². The van der Waals surface area contributed by atoms with E-state index in [2.05, 4.69) is 6.07 Å². The van der Waals surface area contributed by atoms with Crippen molar-refractivity contribution in [1.82, 2.24) is 0 Å². The van der Waals surface area contributed by atoms with Gasteiger partial charge in [0.1, 0.15) is 0 Å². The topological polar surface area (TPSA) is 3.24 Å². The zero-order valence-electron chi connectivity index (χ0n) is 36.5. The Morgan fingerprint density at radius 3 is 1.32 bits per heavy atom. The fraction of sp³-hybridized carbons (Fsp3) is 0. The van der Waals surface area contributed by atoms with Crippen LogP contribution < -0.4 is 4.90 Å². The van der Waals surface area contributed by atoms with E-state index in [1.807, 2.05) is 140 Å². The molecule has 10 aromatic rings. The maximum atomic E-state index is 9.58. The van der Waals surface area contributed by atoms with Crippen LogP contribution in [0.2, 0.25) is 0 Å². The molecule has 0 heterocycles. The Bertz CT molecular complexity index is 3380. The smallest absolute Gasteiger partial charge is 0.0645 e. The third-order valence-corrected chi connectivity index (χ3v) is 9.93. The standard InChI is InChI=1S/C52H35N/c1-3-11-41-32-44(19-16-36(41)8-1)38-22-27-48(28-23-38)53(50-14-7-13-43(35-50)46-20-17-37-9-2-4-12-42(37)33-46)49-29-24-39(25-30-49)45-26-31-52-47(34-45)21-18-40-10-5-6-15-51(40)52/h1-35H/i22D,23D,24D,25D,27D,28D,29D,30D. The summed E-state index contributed by atoms with van der Waals surface area (Å²) in [5, 5.41) is 8.00. The molecule has 0 aromatic heterocycles. The van der Waals surface area contributed by atoms with Crippen LogP contribution in [-0.4, -0.2) is 0 Å². The first-order valence-corrected chi connectivity index (χ1v) is 17.6. The zero-order chi connectivity index (χ0) is 42.1. The summed E-state index contributed by atoms with van der Waals surface area (Å²) in [4.78, 5) is 1.37. The number of anilines is 3. The lowest BCUT2D eigenvalue weighted by Crippen LogP contribution is -2.10. The van der Waals surface area contributed by atoms with Crippen molar-refractivity contribution in [2.75, 3.05) is 4.90 Å². The summed E-state index contributed by atoms with van der Waals surface area (Å²) in [5.41, 5.74) is 2.87. The fourth-order valence-electron chi connectivity index (χ4n) is 7.20. The Hall–Kier alpha value is -6.96. The molecular weight excluding hydrogens is 639 g/mol. The van der Waals surface area contributed by atoms with E-state index in [-0.39, 0.29) is 70.8 Å². The van der Waals surface area contributed by atoms with Crippen LogP contribution in [0.25, 0.3) is 76.5 Å². The maximum absolute atomic E-state index is 9.58. The normalized spacial score (nSPS) is 13.5. The molecule has 0 bridgehead atoms. The molecule has 10 rings (SSSR count). The highest BCUT2D eigenvalue weighted by Crippen LogP contribution is 2.39. The number of hydrogen-bond acceptors (Lipinski definition) is 1. The van der Waals surface area contributed by atoms with Gasteiger partial charge in [0.15, 0.2) is 0 Å². The van der Waals surface area contributed by atoms with Gasteiger partial charge in [0.05, 0.1) is 11.0 Å². The van der Waals surface area contributed by atoms with E-state index < -0.39 is 0 Å². The summed E-state index contributed by atoms with van der Waals surface area (Å²) in [6.07, 6.45) is 0. The van der Waals surface area contributed by atoms with Crippen LogP contribution in [0, 0.1) is 0 Å². The highest BCUT2D eigenvalue weighted by Gasteiger charge is 2.15. The van der Waals surface area contributed by atoms with E-state index in [0.717, 1.165) is 54.2 Å². The molecule has 0 amide bonds. The van der Waals surface area contributed by atoms with Gasteiger partial charge in [-0.05, 0) is 131 Å². The summed E-state index contributed by atoms with van der Waals surface area (Å²) in [7, 11) is 0. The van der Waals surface area contributed by atoms with Gasteiger partial charge in [0, 0.05) is 17.1 Å². The molecule has 0 fully saturated rings. The molecular formula is C52H35N. The predicted molar refractivity (Wildman–Crippen MR) is 227 cm³/mol. The molecule has 0 aliphatic rings. The van der Waals surface area contributed by atoms with E-state index >= 15 is 0 Å². The van der Waals surface area contributed by atoms with Gasteiger partial charge in [-0.2, -0.15) is 0 Å². The first-order chi connectivity index (χ1) is 29.6. The minimum Gasteiger partial charge on any atom is -0.310 e. The largest absolute Gasteiger partial charge is 0.310 e. The highest BCUT2D eigenvalue weighted by molar-refractivity contribution is 6.08.